The van der Waals surface area contributed by atoms with Crippen LogP contribution >= 0.6 is 11.6 Å². The Labute approximate surface area is 262 Å². The van der Waals surface area contributed by atoms with E-state index in [2.05, 4.69) is 65.7 Å². The van der Waals surface area contributed by atoms with Gasteiger partial charge in [0.15, 0.2) is 0 Å². The Hall–Kier alpha value is -4.40. The van der Waals surface area contributed by atoms with Crippen LogP contribution in [0.3, 0.4) is 0 Å². The van der Waals surface area contributed by atoms with Gasteiger partial charge in [-0.25, -0.2) is 4.79 Å². The first kappa shape index (κ1) is 27.2. The van der Waals surface area contributed by atoms with Crippen LogP contribution in [-0.2, 0) is 11.2 Å². The molecule has 2 atom stereocenters. The summed E-state index contributed by atoms with van der Waals surface area (Å²) < 4.78 is 5.98. The second-order valence-electron chi connectivity index (χ2n) is 12.5. The lowest BCUT2D eigenvalue weighted by Crippen LogP contribution is -2.40. The molecule has 1 saturated carbocycles. The minimum atomic E-state index is -0.289. The molecule has 6 heteroatoms. The molecular formula is C38H32ClN3O2. The number of anilines is 1. The van der Waals surface area contributed by atoms with E-state index in [1.54, 1.807) is 6.07 Å². The van der Waals surface area contributed by atoms with Crippen LogP contribution in [-0.4, -0.2) is 24.3 Å². The van der Waals surface area contributed by atoms with E-state index in [9.17, 15) is 10.1 Å². The first-order valence-corrected chi connectivity index (χ1v) is 16.0. The maximum absolute atomic E-state index is 13.4. The molecule has 0 radical (unpaired) electrons. The molecule has 0 bridgehead atoms. The molecule has 4 aromatic carbocycles. The van der Waals surface area contributed by atoms with Gasteiger partial charge in [0.1, 0.15) is 12.7 Å². The number of hydrazone groups is 1. The fourth-order valence-corrected chi connectivity index (χ4v) is 8.33. The lowest BCUT2D eigenvalue weighted by atomic mass is 9.75. The average Bonchev–Trinajstić information content (AvgIpc) is 3.80. The highest BCUT2D eigenvalue weighted by Gasteiger charge is 2.45. The summed E-state index contributed by atoms with van der Waals surface area (Å²) in [6.45, 7) is 0.309. The number of ether oxygens (including phenoxy) is 1. The van der Waals surface area contributed by atoms with E-state index in [-0.39, 0.29) is 17.9 Å². The van der Waals surface area contributed by atoms with Crippen molar-refractivity contribution in [2.75, 3.05) is 11.6 Å². The van der Waals surface area contributed by atoms with Gasteiger partial charge < -0.3 is 4.74 Å². The highest BCUT2D eigenvalue weighted by molar-refractivity contribution is 6.32. The van der Waals surface area contributed by atoms with Crippen LogP contribution < -0.4 is 5.01 Å². The highest BCUT2D eigenvalue weighted by Crippen LogP contribution is 2.46. The number of carbonyl (C=O) groups excluding carboxylic acids is 1. The van der Waals surface area contributed by atoms with Gasteiger partial charge in [0.05, 0.1) is 33.6 Å². The summed E-state index contributed by atoms with van der Waals surface area (Å²) in [5.74, 6) is 0.632. The van der Waals surface area contributed by atoms with Crippen molar-refractivity contribution in [3.05, 3.63) is 123 Å². The number of nitrogens with zero attached hydrogens (tertiary/aromatic N) is 3. The molecule has 0 saturated heterocycles. The van der Waals surface area contributed by atoms with Crippen LogP contribution in [0.1, 0.15) is 76.2 Å². The molecule has 8 rings (SSSR count). The van der Waals surface area contributed by atoms with Crippen molar-refractivity contribution in [3.8, 4) is 17.2 Å². The molecule has 0 aromatic heterocycles. The number of halogens is 1. The Morgan fingerprint density at radius 2 is 1.64 bits per heavy atom. The van der Waals surface area contributed by atoms with Gasteiger partial charge in [-0.05, 0) is 89.8 Å². The number of aryl methyl sites for hydroxylation is 1. The van der Waals surface area contributed by atoms with Gasteiger partial charge in [-0.2, -0.15) is 10.4 Å². The smallest absolute Gasteiger partial charge is 0.338 e. The maximum atomic E-state index is 13.4. The second-order valence-corrected chi connectivity index (χ2v) is 12.9. The van der Waals surface area contributed by atoms with Crippen molar-refractivity contribution in [2.45, 2.75) is 50.5 Å². The Kier molecular flexibility index (Phi) is 6.76. The van der Waals surface area contributed by atoms with E-state index >= 15 is 0 Å². The predicted molar refractivity (Wildman–Crippen MR) is 173 cm³/mol. The molecule has 0 unspecified atom stereocenters. The largest absolute Gasteiger partial charge is 0.461 e. The van der Waals surface area contributed by atoms with Gasteiger partial charge in [0, 0.05) is 17.4 Å². The molecule has 218 valence electrons. The lowest BCUT2D eigenvalue weighted by Gasteiger charge is -2.34. The van der Waals surface area contributed by atoms with Crippen LogP contribution in [0.15, 0.2) is 90.0 Å². The zero-order chi connectivity index (χ0) is 29.8. The Bertz CT molecular complexity index is 1820. The van der Waals surface area contributed by atoms with Crippen molar-refractivity contribution in [1.29, 1.82) is 5.26 Å². The molecule has 3 aliphatic carbocycles. The molecule has 0 spiro atoms. The normalized spacial score (nSPS) is 20.4. The van der Waals surface area contributed by atoms with Gasteiger partial charge in [-0.1, -0.05) is 79.0 Å². The number of nitriles is 1. The van der Waals surface area contributed by atoms with Crippen molar-refractivity contribution >= 4 is 29.0 Å². The first-order valence-electron chi connectivity index (χ1n) is 15.7. The number of benzene rings is 4. The Balaban J connectivity index is 1.06. The molecule has 5 nitrogen and oxygen atoms in total. The fourth-order valence-electron chi connectivity index (χ4n) is 8.11. The van der Waals surface area contributed by atoms with E-state index in [4.69, 9.17) is 21.4 Å². The second kappa shape index (κ2) is 10.9. The summed E-state index contributed by atoms with van der Waals surface area (Å²) in [5.41, 5.74) is 10.2. The number of fused-ring (bicyclic) bond motifs is 6. The summed E-state index contributed by atoms with van der Waals surface area (Å²) in [7, 11) is 0. The molecule has 4 aromatic rings. The Morgan fingerprint density at radius 3 is 2.34 bits per heavy atom. The van der Waals surface area contributed by atoms with Crippen molar-refractivity contribution < 1.29 is 9.53 Å². The summed E-state index contributed by atoms with van der Waals surface area (Å²) in [4.78, 5) is 13.4. The Morgan fingerprint density at radius 1 is 0.909 bits per heavy atom. The minimum absolute atomic E-state index is 0.0341. The van der Waals surface area contributed by atoms with Gasteiger partial charge >= 0.3 is 5.97 Å². The molecule has 4 aliphatic rings. The summed E-state index contributed by atoms with van der Waals surface area (Å²) in [6, 6.07) is 30.8. The molecule has 1 heterocycles. The summed E-state index contributed by atoms with van der Waals surface area (Å²) >= 11 is 6.47. The molecule has 0 amide bonds. The minimum Gasteiger partial charge on any atom is -0.461 e. The van der Waals surface area contributed by atoms with Crippen LogP contribution in [0.5, 0.6) is 0 Å². The molecule has 1 fully saturated rings. The van der Waals surface area contributed by atoms with Crippen molar-refractivity contribution in [3.63, 3.8) is 0 Å². The summed E-state index contributed by atoms with van der Waals surface area (Å²) in [6.07, 6.45) is 6.81. The third-order valence-electron chi connectivity index (χ3n) is 10.2. The SMILES string of the molecule is N#Cc1ccc(N2N=C3c4ccc(C(=O)OCC5c6ccccc6-c6ccccc65)cc4CC[C@@H]3[C@@H]2C2CCCC2)cc1Cl. The van der Waals surface area contributed by atoms with Crippen LogP contribution in [0.25, 0.3) is 11.1 Å². The third kappa shape index (κ3) is 4.43. The zero-order valence-corrected chi connectivity index (χ0v) is 25.1. The van der Waals surface area contributed by atoms with E-state index in [0.29, 0.717) is 34.6 Å². The van der Waals surface area contributed by atoms with Gasteiger partial charge in [-0.3, -0.25) is 5.01 Å². The number of rotatable bonds is 5. The zero-order valence-electron chi connectivity index (χ0n) is 24.4. The first-order chi connectivity index (χ1) is 21.6. The summed E-state index contributed by atoms with van der Waals surface area (Å²) in [5, 5.41) is 17.3. The topological polar surface area (TPSA) is 65.7 Å². The van der Waals surface area contributed by atoms with Gasteiger partial charge in [0.25, 0.3) is 0 Å². The van der Waals surface area contributed by atoms with Crippen LogP contribution in [0, 0.1) is 23.2 Å². The quantitative estimate of drug-likeness (QED) is 0.216. The predicted octanol–water partition coefficient (Wildman–Crippen LogP) is 8.53. The van der Waals surface area contributed by atoms with E-state index < -0.39 is 0 Å². The van der Waals surface area contributed by atoms with Crippen molar-refractivity contribution in [2.24, 2.45) is 16.9 Å². The monoisotopic (exact) mass is 597 g/mol. The van der Waals surface area contributed by atoms with Crippen LogP contribution in [0.2, 0.25) is 5.02 Å². The molecule has 0 N–H and O–H groups in total. The van der Waals surface area contributed by atoms with Gasteiger partial charge in [-0.15, -0.1) is 0 Å². The molecule has 1 aliphatic heterocycles. The standard InChI is InChI=1S/C38H32ClN3O2/c39-35-20-27(16-13-26(35)21-40)42-37(23-7-1-2-8-23)33-18-14-24-19-25(15-17-28(24)36(33)41-42)38(43)44-22-34-31-11-5-3-9-29(31)30-10-4-6-12-32(30)34/h3-6,9-13,15-17,19-20,23,33-34,37H,1-2,7-8,14,18,22H2/t33-,37-/m0/s1. The van der Waals surface area contributed by atoms with Crippen molar-refractivity contribution in [1.82, 2.24) is 0 Å². The van der Waals surface area contributed by atoms with E-state index in [1.807, 2.05) is 24.3 Å². The number of carbonyl (C=O) groups is 1. The third-order valence-corrected chi connectivity index (χ3v) is 10.5. The maximum Gasteiger partial charge on any atom is 0.338 e. The van der Waals surface area contributed by atoms with E-state index in [0.717, 1.165) is 35.4 Å². The number of hydrogen-bond donors (Lipinski definition) is 0. The molecular weight excluding hydrogens is 566 g/mol. The number of esters is 1. The van der Waals surface area contributed by atoms with Crippen LogP contribution in [0.4, 0.5) is 5.69 Å². The highest BCUT2D eigenvalue weighted by atomic mass is 35.5. The average molecular weight is 598 g/mol. The number of hydrogen-bond acceptors (Lipinski definition) is 5. The van der Waals surface area contributed by atoms with E-state index in [1.165, 1.54) is 47.9 Å². The van der Waals surface area contributed by atoms with Gasteiger partial charge in [0.2, 0.25) is 0 Å². The fraction of sp³-hybridized carbons (Fsp3) is 0.289. The molecule has 44 heavy (non-hydrogen) atoms. The lowest BCUT2D eigenvalue weighted by molar-refractivity contribution is 0.0493.